The zero-order valence-electron chi connectivity index (χ0n) is 13.7. The van der Waals surface area contributed by atoms with Gasteiger partial charge in [0.1, 0.15) is 5.00 Å². The number of carbonyl (C=O) groups is 2. The van der Waals surface area contributed by atoms with Gasteiger partial charge in [0.25, 0.3) is 0 Å². The monoisotopic (exact) mass is 333 g/mol. The molecule has 1 aromatic heterocycles. The minimum Gasteiger partial charge on any atom is -0.462 e. The highest BCUT2D eigenvalue weighted by Crippen LogP contribution is 2.65. The number of nitrogens with one attached hydrogen (secondary N) is 1. The number of hydrogen-bond donors (Lipinski definition) is 1. The third-order valence-electron chi connectivity index (χ3n) is 6.12. The number of anilines is 1. The number of hydrogen-bond acceptors (Lipinski definition) is 4. The fraction of sp³-hybridized carbons (Fsp3) is 0.667. The van der Waals surface area contributed by atoms with Crippen LogP contribution in [0.4, 0.5) is 5.00 Å². The van der Waals surface area contributed by atoms with Crippen LogP contribution in [-0.2, 0) is 9.53 Å². The Kier molecular flexibility index (Phi) is 3.52. The van der Waals surface area contributed by atoms with Gasteiger partial charge in [-0.3, -0.25) is 4.79 Å². The minimum atomic E-state index is -0.337. The van der Waals surface area contributed by atoms with Crippen molar-refractivity contribution >= 4 is 28.2 Å². The van der Waals surface area contributed by atoms with Crippen molar-refractivity contribution in [3.63, 3.8) is 0 Å². The number of esters is 1. The Labute approximate surface area is 140 Å². The van der Waals surface area contributed by atoms with Crippen LogP contribution in [-0.4, -0.2) is 18.5 Å². The molecule has 4 aliphatic rings. The Hall–Kier alpha value is -1.36. The Morgan fingerprint density at radius 1 is 1.30 bits per heavy atom. The molecule has 0 radical (unpaired) electrons. The molecule has 124 valence electrons. The molecule has 5 rings (SSSR count). The van der Waals surface area contributed by atoms with E-state index in [9.17, 15) is 9.59 Å². The molecule has 1 heterocycles. The Morgan fingerprint density at radius 2 is 2.00 bits per heavy atom. The first-order chi connectivity index (χ1) is 11.0. The van der Waals surface area contributed by atoms with E-state index in [4.69, 9.17) is 4.74 Å². The number of carbonyl (C=O) groups excluding carboxylic acids is 2. The summed E-state index contributed by atoms with van der Waals surface area (Å²) in [5.41, 5.74) is 1.23. The predicted octanol–water partition coefficient (Wildman–Crippen LogP) is 4.00. The first-order valence-electron chi connectivity index (χ1n) is 8.60. The maximum atomic E-state index is 13.1. The number of aryl methyl sites for hydroxylation is 1. The average Bonchev–Trinajstić information content (AvgIpc) is 3.07. The molecule has 0 spiro atoms. The zero-order valence-corrected chi connectivity index (χ0v) is 14.5. The predicted molar refractivity (Wildman–Crippen MR) is 89.6 cm³/mol. The van der Waals surface area contributed by atoms with Crippen LogP contribution < -0.4 is 5.32 Å². The molecule has 4 nitrogen and oxygen atoms in total. The van der Waals surface area contributed by atoms with Gasteiger partial charge in [-0.05, 0) is 74.6 Å². The smallest absolute Gasteiger partial charge is 0.341 e. The van der Waals surface area contributed by atoms with Crippen molar-refractivity contribution in [1.29, 1.82) is 0 Å². The van der Waals surface area contributed by atoms with Gasteiger partial charge >= 0.3 is 5.97 Å². The van der Waals surface area contributed by atoms with E-state index in [1.807, 2.05) is 12.3 Å². The molecule has 5 heteroatoms. The second kappa shape index (κ2) is 5.33. The molecule has 4 atom stereocenters. The van der Waals surface area contributed by atoms with Gasteiger partial charge in [-0.1, -0.05) is 0 Å². The normalized spacial score (nSPS) is 33.9. The summed E-state index contributed by atoms with van der Waals surface area (Å²) in [7, 11) is 0. The SMILES string of the molecule is CCOC(=O)c1c(C)csc1NC(=O)C12CC3CC1C[C@@H](C3)C2. The Balaban J connectivity index is 1.57. The molecule has 4 saturated carbocycles. The summed E-state index contributed by atoms with van der Waals surface area (Å²) in [6.45, 7) is 4.03. The third-order valence-corrected chi connectivity index (χ3v) is 7.14. The van der Waals surface area contributed by atoms with Crippen molar-refractivity contribution in [3.8, 4) is 0 Å². The van der Waals surface area contributed by atoms with E-state index < -0.39 is 0 Å². The Bertz CT molecular complexity index is 651. The number of thiophene rings is 1. The summed E-state index contributed by atoms with van der Waals surface area (Å²) in [5, 5.41) is 5.67. The first kappa shape index (κ1) is 15.2. The molecular formula is C18H23NO3S. The van der Waals surface area contributed by atoms with Crippen LogP contribution in [0.25, 0.3) is 0 Å². The molecule has 0 aliphatic heterocycles. The minimum absolute atomic E-state index is 0.139. The quantitative estimate of drug-likeness (QED) is 0.847. The third kappa shape index (κ3) is 2.24. The van der Waals surface area contributed by atoms with Crippen LogP contribution in [0.5, 0.6) is 0 Å². The molecule has 3 unspecified atom stereocenters. The second-order valence-corrected chi connectivity index (χ2v) is 8.38. The molecule has 1 N–H and O–H groups in total. The fourth-order valence-electron chi connectivity index (χ4n) is 5.39. The van der Waals surface area contributed by atoms with Crippen molar-refractivity contribution in [2.24, 2.45) is 23.2 Å². The largest absolute Gasteiger partial charge is 0.462 e. The summed E-state index contributed by atoms with van der Waals surface area (Å²) in [4.78, 5) is 25.2. The highest BCUT2D eigenvalue weighted by Gasteiger charge is 2.61. The molecule has 23 heavy (non-hydrogen) atoms. The lowest BCUT2D eigenvalue weighted by Crippen LogP contribution is -2.37. The lowest BCUT2D eigenvalue weighted by atomic mass is 9.75. The van der Waals surface area contributed by atoms with Gasteiger partial charge in [-0.15, -0.1) is 11.3 Å². The molecule has 1 amide bonds. The Morgan fingerprint density at radius 3 is 2.65 bits per heavy atom. The zero-order chi connectivity index (χ0) is 16.2. The van der Waals surface area contributed by atoms with Gasteiger partial charge < -0.3 is 10.1 Å². The van der Waals surface area contributed by atoms with Gasteiger partial charge in [0.2, 0.25) is 5.91 Å². The van der Waals surface area contributed by atoms with Crippen LogP contribution in [0.3, 0.4) is 0 Å². The lowest BCUT2D eigenvalue weighted by molar-refractivity contribution is -0.127. The average molecular weight is 333 g/mol. The van der Waals surface area contributed by atoms with E-state index in [0.29, 0.717) is 23.1 Å². The van der Waals surface area contributed by atoms with E-state index in [0.717, 1.165) is 30.2 Å². The molecule has 0 aromatic carbocycles. The summed E-state index contributed by atoms with van der Waals surface area (Å²) < 4.78 is 5.14. The van der Waals surface area contributed by atoms with Crippen LogP contribution in [0, 0.1) is 30.1 Å². The number of amides is 1. The maximum absolute atomic E-state index is 13.1. The van der Waals surface area contributed by atoms with Gasteiger partial charge in [0.15, 0.2) is 0 Å². The summed E-state index contributed by atoms with van der Waals surface area (Å²) in [5.74, 6) is 1.84. The number of ether oxygens (including phenoxy) is 1. The van der Waals surface area contributed by atoms with E-state index in [2.05, 4.69) is 5.32 Å². The second-order valence-electron chi connectivity index (χ2n) is 7.50. The van der Waals surface area contributed by atoms with Gasteiger partial charge in [-0.2, -0.15) is 0 Å². The van der Waals surface area contributed by atoms with Crippen LogP contribution in [0.2, 0.25) is 0 Å². The molecule has 1 aromatic rings. The maximum Gasteiger partial charge on any atom is 0.341 e. The molecule has 4 bridgehead atoms. The van der Waals surface area contributed by atoms with Crippen molar-refractivity contribution in [3.05, 3.63) is 16.5 Å². The standard InChI is InChI=1S/C18H23NO3S/c1-3-22-16(20)14-10(2)9-23-15(14)19-17(21)18-7-11-4-12(8-18)6-13(18)5-11/h9,11-13H,3-8H2,1-2H3,(H,19,21)/t11-,12?,13?,18?/m1/s1. The first-order valence-corrected chi connectivity index (χ1v) is 9.48. The molecule has 4 aliphatic carbocycles. The fourth-order valence-corrected chi connectivity index (χ4v) is 6.31. The van der Waals surface area contributed by atoms with E-state index in [1.165, 1.54) is 30.6 Å². The highest BCUT2D eigenvalue weighted by molar-refractivity contribution is 7.15. The number of rotatable bonds is 4. The van der Waals surface area contributed by atoms with Crippen molar-refractivity contribution in [1.82, 2.24) is 0 Å². The topological polar surface area (TPSA) is 55.4 Å². The van der Waals surface area contributed by atoms with Crippen molar-refractivity contribution in [2.45, 2.75) is 46.0 Å². The van der Waals surface area contributed by atoms with Gasteiger partial charge in [0.05, 0.1) is 17.6 Å². The molecular weight excluding hydrogens is 310 g/mol. The van der Waals surface area contributed by atoms with Crippen LogP contribution in [0.15, 0.2) is 5.38 Å². The highest BCUT2D eigenvalue weighted by atomic mass is 32.1. The van der Waals surface area contributed by atoms with E-state index in [1.54, 1.807) is 6.92 Å². The lowest BCUT2D eigenvalue weighted by Gasteiger charge is -2.31. The van der Waals surface area contributed by atoms with Crippen molar-refractivity contribution < 1.29 is 14.3 Å². The van der Waals surface area contributed by atoms with E-state index in [-0.39, 0.29) is 17.3 Å². The summed E-state index contributed by atoms with van der Waals surface area (Å²) in [6.07, 6.45) is 5.84. The van der Waals surface area contributed by atoms with Gasteiger partial charge in [-0.25, -0.2) is 4.79 Å². The molecule has 4 fully saturated rings. The van der Waals surface area contributed by atoms with E-state index >= 15 is 0 Å². The van der Waals surface area contributed by atoms with Crippen LogP contribution in [0.1, 0.15) is 54.9 Å². The van der Waals surface area contributed by atoms with Gasteiger partial charge in [0, 0.05) is 0 Å². The van der Waals surface area contributed by atoms with Crippen molar-refractivity contribution in [2.75, 3.05) is 11.9 Å². The summed E-state index contributed by atoms with van der Waals surface area (Å²) in [6, 6.07) is 0. The van der Waals surface area contributed by atoms with Crippen LogP contribution >= 0.6 is 11.3 Å². The molecule has 0 saturated heterocycles. The summed E-state index contributed by atoms with van der Waals surface area (Å²) >= 11 is 1.43.